The quantitative estimate of drug-likeness (QED) is 0.862. The molecule has 0 aliphatic carbocycles. The van der Waals surface area contributed by atoms with Gasteiger partial charge in [-0.1, -0.05) is 15.9 Å². The van der Waals surface area contributed by atoms with Gasteiger partial charge in [0.2, 0.25) is 0 Å². The Balaban J connectivity index is 1.97. The first-order valence-electron chi connectivity index (χ1n) is 5.95. The summed E-state index contributed by atoms with van der Waals surface area (Å²) in [5.74, 6) is 1.94. The molecular weight excluding hydrogens is 292 g/mol. The lowest BCUT2D eigenvalue weighted by Crippen LogP contribution is -2.09. The number of imidazole rings is 1. The van der Waals surface area contributed by atoms with Crippen molar-refractivity contribution in [3.8, 4) is 5.75 Å². The highest BCUT2D eigenvalue weighted by molar-refractivity contribution is 9.10. The van der Waals surface area contributed by atoms with Crippen LogP contribution in [0.25, 0.3) is 0 Å². The fourth-order valence-electron chi connectivity index (χ4n) is 1.89. The molecule has 3 nitrogen and oxygen atoms in total. The molecule has 1 aromatic carbocycles. The number of hydrogen-bond acceptors (Lipinski definition) is 2. The third-order valence-corrected chi connectivity index (χ3v) is 4.19. The Hall–Kier alpha value is -1.29. The van der Waals surface area contributed by atoms with E-state index in [1.807, 2.05) is 19.3 Å². The van der Waals surface area contributed by atoms with E-state index in [1.54, 1.807) is 0 Å². The van der Waals surface area contributed by atoms with Crippen molar-refractivity contribution in [3.63, 3.8) is 0 Å². The predicted octanol–water partition coefficient (Wildman–Crippen LogP) is 3.65. The minimum absolute atomic E-state index is 0.651. The standard InChI is InChI=1S/C14H17BrN2O/c1-10-8-13(9-11(2)14(10)15)18-7-6-17-5-4-16-12(17)3/h4-5,8-9H,6-7H2,1-3H3. The number of aryl methyl sites for hydroxylation is 3. The molecule has 0 atom stereocenters. The molecule has 18 heavy (non-hydrogen) atoms. The SMILES string of the molecule is Cc1cc(OCCn2ccnc2C)cc(C)c1Br. The Morgan fingerprint density at radius 3 is 2.44 bits per heavy atom. The summed E-state index contributed by atoms with van der Waals surface area (Å²) in [5.41, 5.74) is 2.40. The lowest BCUT2D eigenvalue weighted by molar-refractivity contribution is 0.296. The van der Waals surface area contributed by atoms with Crippen LogP contribution in [0.15, 0.2) is 29.0 Å². The Morgan fingerprint density at radius 2 is 1.89 bits per heavy atom. The van der Waals surface area contributed by atoms with Crippen LogP contribution < -0.4 is 4.74 Å². The average molecular weight is 309 g/mol. The van der Waals surface area contributed by atoms with Crippen LogP contribution >= 0.6 is 15.9 Å². The zero-order valence-electron chi connectivity index (χ0n) is 10.9. The van der Waals surface area contributed by atoms with Gasteiger partial charge < -0.3 is 9.30 Å². The van der Waals surface area contributed by atoms with Crippen molar-refractivity contribution in [3.05, 3.63) is 46.0 Å². The third-order valence-electron chi connectivity index (χ3n) is 2.93. The van der Waals surface area contributed by atoms with Crippen molar-refractivity contribution in [1.82, 2.24) is 9.55 Å². The summed E-state index contributed by atoms with van der Waals surface area (Å²) in [6, 6.07) is 4.11. The summed E-state index contributed by atoms with van der Waals surface area (Å²) >= 11 is 3.55. The fourth-order valence-corrected chi connectivity index (χ4v) is 2.12. The number of aromatic nitrogens is 2. The van der Waals surface area contributed by atoms with Gasteiger partial charge in [-0.15, -0.1) is 0 Å². The first-order chi connectivity index (χ1) is 8.58. The lowest BCUT2D eigenvalue weighted by atomic mass is 10.1. The lowest BCUT2D eigenvalue weighted by Gasteiger charge is -2.11. The molecule has 0 aliphatic rings. The molecule has 0 saturated carbocycles. The van der Waals surface area contributed by atoms with Gasteiger partial charge in [0, 0.05) is 16.9 Å². The van der Waals surface area contributed by atoms with Crippen molar-refractivity contribution in [2.45, 2.75) is 27.3 Å². The van der Waals surface area contributed by atoms with E-state index in [0.717, 1.165) is 22.6 Å². The molecule has 0 aliphatic heterocycles. The van der Waals surface area contributed by atoms with Crippen LogP contribution in [0.2, 0.25) is 0 Å². The van der Waals surface area contributed by atoms with Gasteiger partial charge >= 0.3 is 0 Å². The third kappa shape index (κ3) is 2.93. The van der Waals surface area contributed by atoms with Gasteiger partial charge in [0.05, 0.1) is 6.54 Å². The van der Waals surface area contributed by atoms with E-state index in [4.69, 9.17) is 4.74 Å². The molecule has 0 bridgehead atoms. The summed E-state index contributed by atoms with van der Waals surface area (Å²) in [6.07, 6.45) is 3.78. The van der Waals surface area contributed by atoms with Crippen LogP contribution in [0.3, 0.4) is 0 Å². The van der Waals surface area contributed by atoms with Crippen LogP contribution in [0.1, 0.15) is 17.0 Å². The average Bonchev–Trinajstić information content (AvgIpc) is 2.72. The zero-order valence-corrected chi connectivity index (χ0v) is 12.5. The van der Waals surface area contributed by atoms with Crippen molar-refractivity contribution in [2.24, 2.45) is 0 Å². The minimum atomic E-state index is 0.651. The molecule has 96 valence electrons. The summed E-state index contributed by atoms with van der Waals surface area (Å²) in [5, 5.41) is 0. The zero-order chi connectivity index (χ0) is 13.1. The highest BCUT2D eigenvalue weighted by Crippen LogP contribution is 2.26. The Morgan fingerprint density at radius 1 is 1.22 bits per heavy atom. The van der Waals surface area contributed by atoms with E-state index in [2.05, 4.69) is 51.5 Å². The maximum absolute atomic E-state index is 5.78. The molecule has 0 saturated heterocycles. The topological polar surface area (TPSA) is 27.1 Å². The van der Waals surface area contributed by atoms with Crippen LogP contribution in [-0.4, -0.2) is 16.2 Å². The summed E-state index contributed by atoms with van der Waals surface area (Å²) in [6.45, 7) is 7.61. The Kier molecular flexibility index (Phi) is 4.07. The second kappa shape index (κ2) is 5.57. The van der Waals surface area contributed by atoms with Crippen molar-refractivity contribution >= 4 is 15.9 Å². The summed E-state index contributed by atoms with van der Waals surface area (Å²) < 4.78 is 9.02. The molecule has 0 spiro atoms. The van der Waals surface area contributed by atoms with E-state index < -0.39 is 0 Å². The second-order valence-electron chi connectivity index (χ2n) is 4.39. The van der Waals surface area contributed by atoms with Crippen molar-refractivity contribution in [1.29, 1.82) is 0 Å². The summed E-state index contributed by atoms with van der Waals surface area (Å²) in [7, 11) is 0. The van der Waals surface area contributed by atoms with E-state index in [0.29, 0.717) is 6.61 Å². The minimum Gasteiger partial charge on any atom is -0.492 e. The van der Waals surface area contributed by atoms with E-state index in [-0.39, 0.29) is 0 Å². The fraction of sp³-hybridized carbons (Fsp3) is 0.357. The number of hydrogen-bond donors (Lipinski definition) is 0. The van der Waals surface area contributed by atoms with Crippen LogP contribution in [0, 0.1) is 20.8 Å². The molecule has 0 amide bonds. The summed E-state index contributed by atoms with van der Waals surface area (Å²) in [4.78, 5) is 4.18. The van der Waals surface area contributed by atoms with Gasteiger partial charge in [0.1, 0.15) is 18.2 Å². The highest BCUT2D eigenvalue weighted by atomic mass is 79.9. The maximum Gasteiger partial charge on any atom is 0.119 e. The normalized spacial score (nSPS) is 10.7. The molecule has 4 heteroatoms. The van der Waals surface area contributed by atoms with Gasteiger partial charge in [-0.3, -0.25) is 0 Å². The van der Waals surface area contributed by atoms with Crippen molar-refractivity contribution < 1.29 is 4.74 Å². The molecule has 0 unspecified atom stereocenters. The molecular formula is C14H17BrN2O. The molecule has 0 N–H and O–H groups in total. The number of benzene rings is 1. The van der Waals surface area contributed by atoms with Crippen molar-refractivity contribution in [2.75, 3.05) is 6.61 Å². The highest BCUT2D eigenvalue weighted by Gasteiger charge is 2.03. The number of rotatable bonds is 4. The largest absolute Gasteiger partial charge is 0.492 e. The monoisotopic (exact) mass is 308 g/mol. The van der Waals surface area contributed by atoms with Gasteiger partial charge in [-0.25, -0.2) is 4.98 Å². The molecule has 0 fully saturated rings. The van der Waals surface area contributed by atoms with Gasteiger partial charge in [0.25, 0.3) is 0 Å². The van der Waals surface area contributed by atoms with E-state index >= 15 is 0 Å². The van der Waals surface area contributed by atoms with Crippen LogP contribution in [-0.2, 0) is 6.54 Å². The van der Waals surface area contributed by atoms with Gasteiger partial charge in [-0.05, 0) is 44.0 Å². The first kappa shape index (κ1) is 13.1. The van der Waals surface area contributed by atoms with E-state index in [1.165, 1.54) is 11.1 Å². The number of ether oxygens (including phenoxy) is 1. The van der Waals surface area contributed by atoms with E-state index in [9.17, 15) is 0 Å². The molecule has 1 aromatic heterocycles. The Labute approximate surface area is 116 Å². The maximum atomic E-state index is 5.78. The molecule has 2 rings (SSSR count). The van der Waals surface area contributed by atoms with Crippen LogP contribution in [0.4, 0.5) is 0 Å². The smallest absolute Gasteiger partial charge is 0.119 e. The molecule has 1 heterocycles. The molecule has 2 aromatic rings. The second-order valence-corrected chi connectivity index (χ2v) is 5.18. The number of halogens is 1. The number of nitrogens with zero attached hydrogens (tertiary/aromatic N) is 2. The molecule has 0 radical (unpaired) electrons. The predicted molar refractivity (Wildman–Crippen MR) is 76.1 cm³/mol. The van der Waals surface area contributed by atoms with Gasteiger partial charge in [-0.2, -0.15) is 0 Å². The van der Waals surface area contributed by atoms with Gasteiger partial charge in [0.15, 0.2) is 0 Å². The van der Waals surface area contributed by atoms with Crippen LogP contribution in [0.5, 0.6) is 5.75 Å². The first-order valence-corrected chi connectivity index (χ1v) is 6.74. The Bertz CT molecular complexity index is 525.